The van der Waals surface area contributed by atoms with Crippen molar-refractivity contribution in [1.29, 1.82) is 0 Å². The van der Waals surface area contributed by atoms with E-state index in [4.69, 9.17) is 33.2 Å². The lowest BCUT2D eigenvalue weighted by molar-refractivity contribution is 0.0379. The van der Waals surface area contributed by atoms with Gasteiger partial charge in [-0.2, -0.15) is 0 Å². The fourth-order valence-electron chi connectivity index (χ4n) is 15.6. The zero-order valence-corrected chi connectivity index (χ0v) is 58.1. The van der Waals surface area contributed by atoms with E-state index in [2.05, 4.69) is 68.6 Å². The van der Waals surface area contributed by atoms with E-state index in [-0.39, 0.29) is 0 Å². The van der Waals surface area contributed by atoms with Crippen LogP contribution in [-0.2, 0) is 86.2 Å². The van der Waals surface area contributed by atoms with E-state index in [1.54, 1.807) is 57.4 Å². The molecule has 9 aromatic carbocycles. The van der Waals surface area contributed by atoms with Gasteiger partial charge in [0.1, 0.15) is 11.5 Å². The Balaban J connectivity index is 0.000000101. The number of hydrogen-bond acceptors (Lipinski definition) is 19. The Labute approximate surface area is 586 Å². The van der Waals surface area contributed by atoms with Crippen LogP contribution in [0.25, 0.3) is 43.8 Å². The third kappa shape index (κ3) is 10.6. The summed E-state index contributed by atoms with van der Waals surface area (Å²) < 4.78 is 41.7. The summed E-state index contributed by atoms with van der Waals surface area (Å²) in [5, 5.41) is 3.61. The number of fused-ring (bicyclic) bond motifs is 14. The number of aryl methyl sites for hydroxylation is 6. The number of halogens is 2. The van der Waals surface area contributed by atoms with Crippen molar-refractivity contribution in [2.24, 2.45) is 0 Å². The zero-order chi connectivity index (χ0) is 69.3. The molecule has 21 heteroatoms. The first-order valence-corrected chi connectivity index (χ1v) is 34.6. The molecule has 0 spiro atoms. The van der Waals surface area contributed by atoms with Crippen LogP contribution in [0, 0.1) is 13.8 Å². The maximum atomic E-state index is 12.0. The van der Waals surface area contributed by atoms with E-state index < -0.39 is 59.7 Å². The van der Waals surface area contributed by atoms with Crippen molar-refractivity contribution < 1.29 is 85.8 Å². The lowest BCUT2D eigenvalue weighted by Gasteiger charge is -2.19. The van der Waals surface area contributed by atoms with Crippen LogP contribution in [0.1, 0.15) is 189 Å². The molecule has 99 heavy (non-hydrogen) atoms. The molecule has 0 N–H and O–H groups in total. The molecule has 0 unspecified atom stereocenters. The third-order valence-corrected chi connectivity index (χ3v) is 22.6. The summed E-state index contributed by atoms with van der Waals surface area (Å²) in [5.74, 6) is -3.20. The van der Waals surface area contributed by atoms with Gasteiger partial charge in [-0.3, -0.25) is 0 Å². The molecule has 0 saturated carbocycles. The quantitative estimate of drug-likeness (QED) is 0.0623. The van der Waals surface area contributed by atoms with Gasteiger partial charge in [0.25, 0.3) is 0 Å². The van der Waals surface area contributed by atoms with Crippen LogP contribution >= 0.6 is 43.6 Å². The number of hydrogen-bond donors (Lipinski definition) is 0. The fourth-order valence-corrected chi connectivity index (χ4v) is 17.3. The molecule has 0 saturated heterocycles. The number of thioether (sulfide) groups is 1. The molecular weight excluding hydrogens is 1420 g/mol. The largest absolute Gasteiger partial charge is 0.496 e. The van der Waals surface area contributed by atoms with E-state index in [0.717, 1.165) is 161 Å². The summed E-state index contributed by atoms with van der Waals surface area (Å²) in [6, 6.07) is 27.0. The molecule has 5 aliphatic heterocycles. The lowest BCUT2D eigenvalue weighted by Crippen LogP contribution is -2.20. The normalized spacial score (nSPS) is 15.5. The summed E-state index contributed by atoms with van der Waals surface area (Å²) in [6.07, 6.45) is 8.73. The molecule has 10 aliphatic rings. The number of methoxy groups -OCH3 is 3. The molecule has 18 nitrogen and oxygen atoms in total. The maximum absolute atomic E-state index is 12.0. The highest BCUT2D eigenvalue weighted by atomic mass is 79.9. The van der Waals surface area contributed by atoms with Gasteiger partial charge in [-0.15, -0.1) is 11.8 Å². The summed E-state index contributed by atoms with van der Waals surface area (Å²) in [7, 11) is 4.80. The summed E-state index contributed by atoms with van der Waals surface area (Å²) >= 11 is 8.62. The number of esters is 10. The Hall–Kier alpha value is -9.93. The van der Waals surface area contributed by atoms with Gasteiger partial charge in [0.15, 0.2) is 0 Å². The highest BCUT2D eigenvalue weighted by Gasteiger charge is 2.42. The van der Waals surface area contributed by atoms with Crippen LogP contribution in [0.5, 0.6) is 11.5 Å². The fraction of sp³-hybridized carbons (Fsp3) is 0.231. The van der Waals surface area contributed by atoms with Crippen LogP contribution in [-0.4, -0.2) is 93.4 Å². The van der Waals surface area contributed by atoms with E-state index in [9.17, 15) is 47.9 Å². The Morgan fingerprint density at radius 2 is 0.970 bits per heavy atom. The standard InChI is InChI=1S/C17H12O3.C16H12O5.C16H12O3S.C15H6Br2O3.C14H14O4/c1-8-3-4-12-10(5-8)7-11-6-9(2)13-15(14(11)12)17(19)20-16(13)18;1-19-11-5-9-14-10(16(18)21-15(9)17)6-12(20-2)8-4-3-7(11)13(8)14;1-2-20-14-10-7-6-8-4-3-5-9(11(8)10)12-13(14)16(18)19-15(12)17;16-12-3-7-1-6-2-10-11(15(19)20-14(10)18)4-8(6)9(7)5-13(12)17;1-17-6-5-8-7-11-12(14(16)18-13(11)15)10-4-2-3-9(8)10/h3-6H,7H2,1-2H3;5-6H,3-4H2,1-2H3;3-5H,2,6-7H2,1H3;2-5H,1H2;7H,2-6H2,1H3. The van der Waals surface area contributed by atoms with Crippen LogP contribution in [0.15, 0.2) is 98.8 Å². The Kier molecular flexibility index (Phi) is 16.5. The minimum Gasteiger partial charge on any atom is -0.496 e. The molecule has 0 bridgehead atoms. The minimum absolute atomic E-state index is 0.362. The SMILES string of the molecule is CCSc1c2c(c3cccc4c3c1CC4)C(=O)OC2=O.COCCc1cc2c(c3c1CCC3)C(=O)OC2=O.COc1cc2c3c(cc(OC)c4c3c1CC4)C(=O)OC2=O.Cc1ccc2c(c1)Cc1cc(C)c3c(c1-2)C(=O)OC3=O.O=C1OC(=O)c2cc3c(cc21)Cc1cc(Br)c(Br)cc1-3. The molecule has 5 aliphatic carbocycles. The molecule has 0 aromatic heterocycles. The lowest BCUT2D eigenvalue weighted by atomic mass is 9.92. The van der Waals surface area contributed by atoms with Gasteiger partial charge in [0.05, 0.1) is 76.5 Å². The molecule has 9 aromatic rings. The Morgan fingerprint density at radius 3 is 1.66 bits per heavy atom. The van der Waals surface area contributed by atoms with E-state index >= 15 is 0 Å². The number of carbonyl (C=O) groups is 10. The van der Waals surface area contributed by atoms with Gasteiger partial charge in [0, 0.05) is 43.0 Å². The summed E-state index contributed by atoms with van der Waals surface area (Å²) in [6.45, 7) is 6.58. The predicted molar refractivity (Wildman–Crippen MR) is 369 cm³/mol. The molecule has 0 atom stereocenters. The van der Waals surface area contributed by atoms with Crippen molar-refractivity contribution in [3.8, 4) is 33.8 Å². The van der Waals surface area contributed by atoms with Crippen LogP contribution in [0.2, 0.25) is 0 Å². The van der Waals surface area contributed by atoms with Crippen LogP contribution < -0.4 is 9.47 Å². The first-order valence-electron chi connectivity index (χ1n) is 32.1. The van der Waals surface area contributed by atoms with Crippen LogP contribution in [0.3, 0.4) is 0 Å². The number of ether oxygens (including phenoxy) is 8. The topological polar surface area (TPSA) is 245 Å². The van der Waals surface area contributed by atoms with Crippen molar-refractivity contribution in [2.75, 3.05) is 33.7 Å². The second kappa shape index (κ2) is 25.1. The second-order valence-corrected chi connectivity index (χ2v) is 28.1. The molecular formula is C78H56Br2O18S. The first-order chi connectivity index (χ1) is 47.7. The number of rotatable bonds is 7. The van der Waals surface area contributed by atoms with Gasteiger partial charge >= 0.3 is 59.7 Å². The maximum Gasteiger partial charge on any atom is 0.348 e. The van der Waals surface area contributed by atoms with E-state index in [1.807, 2.05) is 49.4 Å². The van der Waals surface area contributed by atoms with Crippen molar-refractivity contribution >= 4 is 125 Å². The monoisotopic (exact) mass is 1470 g/mol. The molecule has 0 radical (unpaired) electrons. The first kappa shape index (κ1) is 65.0. The average Bonchev–Trinajstić information content (AvgIpc) is 1.71. The number of cyclic esters (lactones) is 10. The van der Waals surface area contributed by atoms with Crippen molar-refractivity contribution in [2.45, 2.75) is 89.9 Å². The van der Waals surface area contributed by atoms with Crippen LogP contribution in [0.4, 0.5) is 0 Å². The average molecular weight is 1470 g/mol. The van der Waals surface area contributed by atoms with Crippen molar-refractivity contribution in [3.05, 3.63) is 222 Å². The zero-order valence-electron chi connectivity index (χ0n) is 54.1. The Morgan fingerprint density at radius 1 is 0.414 bits per heavy atom. The highest BCUT2D eigenvalue weighted by Crippen LogP contribution is 2.49. The Bertz CT molecular complexity index is 5270. The predicted octanol–water partition coefficient (Wildman–Crippen LogP) is 14.6. The smallest absolute Gasteiger partial charge is 0.348 e. The van der Waals surface area contributed by atoms with Gasteiger partial charge in [0.2, 0.25) is 0 Å². The van der Waals surface area contributed by atoms with Crippen molar-refractivity contribution in [3.63, 3.8) is 0 Å². The minimum atomic E-state index is -0.625. The van der Waals surface area contributed by atoms with E-state index in [0.29, 0.717) is 79.1 Å². The van der Waals surface area contributed by atoms with E-state index in [1.165, 1.54) is 33.4 Å². The molecule has 496 valence electrons. The van der Waals surface area contributed by atoms with Gasteiger partial charge in [-0.25, -0.2) is 47.9 Å². The summed E-state index contributed by atoms with van der Waals surface area (Å²) in [4.78, 5) is 119. The number of benzene rings is 9. The second-order valence-electron chi connectivity index (χ2n) is 25.2. The third-order valence-electron chi connectivity index (χ3n) is 19.7. The molecule has 19 rings (SSSR count). The van der Waals surface area contributed by atoms with Gasteiger partial charge in [-0.05, 0) is 247 Å². The molecule has 5 heterocycles. The summed E-state index contributed by atoms with van der Waals surface area (Å²) in [5.41, 5.74) is 22.8. The molecule has 0 amide bonds. The molecule has 0 fully saturated rings. The highest BCUT2D eigenvalue weighted by molar-refractivity contribution is 9.13. The van der Waals surface area contributed by atoms with Gasteiger partial charge < -0.3 is 37.9 Å². The van der Waals surface area contributed by atoms with Gasteiger partial charge in [-0.1, -0.05) is 55.0 Å². The number of carbonyl (C=O) groups excluding carboxylic acids is 10. The van der Waals surface area contributed by atoms with Crippen molar-refractivity contribution in [1.82, 2.24) is 0 Å².